The number of hydrogen-bond donors (Lipinski definition) is 0. The van der Waals surface area contributed by atoms with Crippen molar-refractivity contribution < 1.29 is 13.6 Å². The Hall–Kier alpha value is -1.45. The van der Waals surface area contributed by atoms with E-state index in [1.807, 2.05) is 0 Å². The molecule has 0 aromatic heterocycles. The lowest BCUT2D eigenvalue weighted by atomic mass is 10.1. The van der Waals surface area contributed by atoms with Crippen LogP contribution in [-0.4, -0.2) is 12.3 Å². The highest BCUT2D eigenvalue weighted by Gasteiger charge is 2.15. The van der Waals surface area contributed by atoms with Crippen LogP contribution in [0.25, 0.3) is 0 Å². The van der Waals surface area contributed by atoms with Crippen molar-refractivity contribution in [1.82, 2.24) is 0 Å². The number of rotatable bonds is 4. The van der Waals surface area contributed by atoms with Gasteiger partial charge in [-0.2, -0.15) is 0 Å². The third kappa shape index (κ3) is 3.51. The zero-order valence-corrected chi connectivity index (χ0v) is 9.48. The molecule has 0 heterocycles. The second-order valence-electron chi connectivity index (χ2n) is 4.21. The van der Waals surface area contributed by atoms with E-state index in [4.69, 9.17) is 4.84 Å². The molecule has 0 unspecified atom stereocenters. The van der Waals surface area contributed by atoms with Crippen LogP contribution in [0.1, 0.15) is 43.2 Å². The van der Waals surface area contributed by atoms with Crippen molar-refractivity contribution in [3.05, 3.63) is 35.4 Å². The van der Waals surface area contributed by atoms with Gasteiger partial charge in [-0.15, -0.1) is 0 Å². The van der Waals surface area contributed by atoms with E-state index < -0.39 is 6.43 Å². The predicted octanol–water partition coefficient (Wildman–Crippen LogP) is 3.92. The fraction of sp³-hybridized carbons (Fsp3) is 0.462. The number of alkyl halides is 2. The van der Waals surface area contributed by atoms with Gasteiger partial charge in [-0.3, -0.25) is 0 Å². The molecule has 0 radical (unpaired) electrons. The van der Waals surface area contributed by atoms with Crippen LogP contribution < -0.4 is 0 Å². The van der Waals surface area contributed by atoms with Gasteiger partial charge >= 0.3 is 0 Å². The molecular weight excluding hydrogens is 224 g/mol. The Morgan fingerprint density at radius 2 is 1.82 bits per heavy atom. The fourth-order valence-corrected chi connectivity index (χ4v) is 1.90. The van der Waals surface area contributed by atoms with Crippen LogP contribution >= 0.6 is 0 Å². The summed E-state index contributed by atoms with van der Waals surface area (Å²) >= 11 is 0. The van der Waals surface area contributed by atoms with Crippen LogP contribution in [0.2, 0.25) is 0 Å². The Morgan fingerprint density at radius 1 is 1.18 bits per heavy atom. The van der Waals surface area contributed by atoms with Crippen LogP contribution in [0.4, 0.5) is 8.78 Å². The quantitative estimate of drug-likeness (QED) is 0.576. The normalized spacial score (nSPS) is 17.1. The standard InChI is InChI=1S/C13H15F2NO/c14-13(15)11-7-5-10(6-8-11)9-16-17-12-3-1-2-4-12/h5-9,12-13H,1-4H2. The van der Waals surface area contributed by atoms with Gasteiger partial charge in [0.1, 0.15) is 6.10 Å². The Bertz CT molecular complexity index is 370. The van der Waals surface area contributed by atoms with E-state index in [0.29, 0.717) is 0 Å². The number of oxime groups is 1. The van der Waals surface area contributed by atoms with E-state index in [9.17, 15) is 8.78 Å². The molecule has 1 aliphatic rings. The highest BCUT2D eigenvalue weighted by atomic mass is 19.3. The number of hydrogen-bond acceptors (Lipinski definition) is 2. The molecule has 1 aromatic rings. The first-order chi connectivity index (χ1) is 8.25. The van der Waals surface area contributed by atoms with Crippen molar-refractivity contribution in [3.63, 3.8) is 0 Å². The molecule has 1 fully saturated rings. The van der Waals surface area contributed by atoms with Crippen molar-refractivity contribution in [3.8, 4) is 0 Å². The van der Waals surface area contributed by atoms with Gasteiger partial charge in [0.25, 0.3) is 6.43 Å². The molecule has 0 saturated heterocycles. The molecule has 0 atom stereocenters. The Labute approximate surface area is 99.3 Å². The molecule has 17 heavy (non-hydrogen) atoms. The van der Waals surface area contributed by atoms with Crippen LogP contribution in [-0.2, 0) is 4.84 Å². The van der Waals surface area contributed by atoms with E-state index in [0.717, 1.165) is 18.4 Å². The van der Waals surface area contributed by atoms with E-state index in [1.165, 1.54) is 25.0 Å². The summed E-state index contributed by atoms with van der Waals surface area (Å²) in [6.07, 6.45) is 3.88. The average molecular weight is 239 g/mol. The lowest BCUT2D eigenvalue weighted by Crippen LogP contribution is -2.02. The molecule has 1 aromatic carbocycles. The number of nitrogens with zero attached hydrogens (tertiary/aromatic N) is 1. The minimum absolute atomic E-state index is 0.0267. The van der Waals surface area contributed by atoms with Gasteiger partial charge in [-0.25, -0.2) is 8.78 Å². The summed E-state index contributed by atoms with van der Waals surface area (Å²) < 4.78 is 24.6. The molecule has 92 valence electrons. The zero-order valence-electron chi connectivity index (χ0n) is 9.48. The maximum absolute atomic E-state index is 12.3. The maximum Gasteiger partial charge on any atom is 0.263 e. The highest BCUT2D eigenvalue weighted by molar-refractivity contribution is 5.79. The smallest absolute Gasteiger partial charge is 0.263 e. The van der Waals surface area contributed by atoms with Crippen LogP contribution in [0, 0.1) is 0 Å². The van der Waals surface area contributed by atoms with Crippen molar-refractivity contribution in [2.45, 2.75) is 38.2 Å². The molecule has 0 spiro atoms. The van der Waals surface area contributed by atoms with Crippen molar-refractivity contribution in [2.75, 3.05) is 0 Å². The summed E-state index contributed by atoms with van der Waals surface area (Å²) in [6, 6.07) is 6.04. The first-order valence-corrected chi connectivity index (χ1v) is 5.83. The highest BCUT2D eigenvalue weighted by Crippen LogP contribution is 2.21. The first-order valence-electron chi connectivity index (χ1n) is 5.83. The molecular formula is C13H15F2NO. The largest absolute Gasteiger partial charge is 0.393 e. The summed E-state index contributed by atoms with van der Waals surface area (Å²) in [5.74, 6) is 0. The number of halogens is 2. The molecule has 0 amide bonds. The third-order valence-corrected chi connectivity index (χ3v) is 2.90. The minimum Gasteiger partial charge on any atom is -0.393 e. The number of benzene rings is 1. The summed E-state index contributed by atoms with van der Waals surface area (Å²) in [4.78, 5) is 5.31. The molecule has 0 aliphatic heterocycles. The van der Waals surface area contributed by atoms with Gasteiger partial charge in [0.15, 0.2) is 0 Å². The lowest BCUT2D eigenvalue weighted by molar-refractivity contribution is 0.0657. The Morgan fingerprint density at radius 3 is 2.41 bits per heavy atom. The van der Waals surface area contributed by atoms with E-state index in [1.54, 1.807) is 18.3 Å². The van der Waals surface area contributed by atoms with Crippen LogP contribution in [0.5, 0.6) is 0 Å². The summed E-state index contributed by atoms with van der Waals surface area (Å²) in [6.45, 7) is 0. The summed E-state index contributed by atoms with van der Waals surface area (Å²) in [5.41, 5.74) is 0.797. The fourth-order valence-electron chi connectivity index (χ4n) is 1.90. The topological polar surface area (TPSA) is 21.6 Å². The van der Waals surface area contributed by atoms with Crippen molar-refractivity contribution in [1.29, 1.82) is 0 Å². The molecule has 4 heteroatoms. The third-order valence-electron chi connectivity index (χ3n) is 2.90. The molecule has 0 N–H and O–H groups in total. The maximum atomic E-state index is 12.3. The van der Waals surface area contributed by atoms with E-state index in [2.05, 4.69) is 5.16 Å². The Balaban J connectivity index is 1.87. The SMILES string of the molecule is FC(F)c1ccc(C=NOC2CCCC2)cc1. The lowest BCUT2D eigenvalue weighted by Gasteiger charge is -2.05. The van der Waals surface area contributed by atoms with Gasteiger partial charge in [0, 0.05) is 5.56 Å². The molecule has 2 rings (SSSR count). The zero-order chi connectivity index (χ0) is 12.1. The molecule has 1 aliphatic carbocycles. The van der Waals surface area contributed by atoms with Gasteiger partial charge in [-0.1, -0.05) is 29.4 Å². The van der Waals surface area contributed by atoms with Crippen molar-refractivity contribution in [2.24, 2.45) is 5.16 Å². The second kappa shape index (κ2) is 5.75. The van der Waals surface area contributed by atoms with Gasteiger partial charge < -0.3 is 4.84 Å². The van der Waals surface area contributed by atoms with E-state index >= 15 is 0 Å². The van der Waals surface area contributed by atoms with Crippen molar-refractivity contribution >= 4 is 6.21 Å². The first kappa shape index (κ1) is 12.0. The van der Waals surface area contributed by atoms with Gasteiger partial charge in [0.2, 0.25) is 0 Å². The van der Waals surface area contributed by atoms with E-state index in [-0.39, 0.29) is 11.7 Å². The second-order valence-corrected chi connectivity index (χ2v) is 4.21. The molecule has 2 nitrogen and oxygen atoms in total. The van der Waals surface area contributed by atoms with Crippen LogP contribution in [0.15, 0.2) is 29.4 Å². The average Bonchev–Trinajstić information content (AvgIpc) is 2.83. The molecule has 0 bridgehead atoms. The minimum atomic E-state index is -2.42. The van der Waals surface area contributed by atoms with Gasteiger partial charge in [-0.05, 0) is 31.2 Å². The van der Waals surface area contributed by atoms with Crippen LogP contribution in [0.3, 0.4) is 0 Å². The monoisotopic (exact) mass is 239 g/mol. The molecule has 1 saturated carbocycles. The van der Waals surface area contributed by atoms with Gasteiger partial charge in [0.05, 0.1) is 6.21 Å². The Kier molecular flexibility index (Phi) is 4.07. The summed E-state index contributed by atoms with van der Waals surface area (Å²) in [7, 11) is 0. The predicted molar refractivity (Wildman–Crippen MR) is 62.3 cm³/mol. The summed E-state index contributed by atoms with van der Waals surface area (Å²) in [5, 5.41) is 3.89.